The first-order valence-corrected chi connectivity index (χ1v) is 8.18. The molecule has 7 heteroatoms. The minimum atomic E-state index is -3.83. The highest BCUT2D eigenvalue weighted by molar-refractivity contribution is 9.10. The van der Waals surface area contributed by atoms with Crippen molar-refractivity contribution in [3.63, 3.8) is 0 Å². The van der Waals surface area contributed by atoms with Crippen LogP contribution >= 0.6 is 27.5 Å². The zero-order chi connectivity index (χ0) is 14.8. The van der Waals surface area contributed by atoms with Crippen LogP contribution in [0.3, 0.4) is 0 Å². The van der Waals surface area contributed by atoms with Gasteiger partial charge in [0.25, 0.3) is 0 Å². The number of rotatable bonds is 4. The molecule has 1 rings (SSSR count). The minimum Gasteiger partial charge on any atom is -0.298 e. The van der Waals surface area contributed by atoms with Gasteiger partial charge in [-0.15, -0.1) is 0 Å². The van der Waals surface area contributed by atoms with E-state index in [2.05, 4.69) is 20.7 Å². The van der Waals surface area contributed by atoms with Crippen molar-refractivity contribution in [2.75, 3.05) is 6.54 Å². The van der Waals surface area contributed by atoms with E-state index in [4.69, 9.17) is 11.6 Å². The van der Waals surface area contributed by atoms with Gasteiger partial charge in [0, 0.05) is 9.89 Å². The quantitative estimate of drug-likeness (QED) is 0.888. The first kappa shape index (κ1) is 16.6. The van der Waals surface area contributed by atoms with Gasteiger partial charge in [-0.2, -0.15) is 0 Å². The van der Waals surface area contributed by atoms with Gasteiger partial charge >= 0.3 is 0 Å². The van der Waals surface area contributed by atoms with Gasteiger partial charge in [0.2, 0.25) is 10.0 Å². The van der Waals surface area contributed by atoms with Gasteiger partial charge in [-0.1, -0.05) is 38.4 Å². The second-order valence-corrected chi connectivity index (χ2v) is 8.01. The summed E-state index contributed by atoms with van der Waals surface area (Å²) < 4.78 is 26.9. The van der Waals surface area contributed by atoms with Crippen LogP contribution in [0.15, 0.2) is 27.6 Å². The molecule has 0 aliphatic carbocycles. The highest BCUT2D eigenvalue weighted by Gasteiger charge is 2.26. The molecule has 0 amide bonds. The summed E-state index contributed by atoms with van der Waals surface area (Å²) in [5.74, 6) is -0.195. The molecule has 0 aromatic heterocycles. The molecule has 0 bridgehead atoms. The Morgan fingerprint density at radius 2 is 1.95 bits per heavy atom. The molecule has 4 nitrogen and oxygen atoms in total. The van der Waals surface area contributed by atoms with Crippen molar-refractivity contribution in [3.05, 3.63) is 27.7 Å². The SMILES string of the molecule is CC(C)(C)C(=O)CNS(=O)(=O)c1c(Cl)cccc1Br. The zero-order valence-corrected chi connectivity index (χ0v) is 14.0. The van der Waals surface area contributed by atoms with E-state index >= 15 is 0 Å². The number of carbonyl (C=O) groups is 1. The first-order valence-electron chi connectivity index (χ1n) is 5.52. The predicted molar refractivity (Wildman–Crippen MR) is 78.8 cm³/mol. The molecule has 0 atom stereocenters. The molecule has 106 valence electrons. The number of carbonyl (C=O) groups excluding carboxylic acids is 1. The molecular formula is C12H15BrClNO3S. The normalized spacial score (nSPS) is 12.5. The minimum absolute atomic E-state index is 0.0571. The van der Waals surface area contributed by atoms with Crippen molar-refractivity contribution in [1.29, 1.82) is 0 Å². The van der Waals surface area contributed by atoms with Crippen LogP contribution in [0.25, 0.3) is 0 Å². The van der Waals surface area contributed by atoms with Gasteiger partial charge < -0.3 is 0 Å². The van der Waals surface area contributed by atoms with Crippen molar-refractivity contribution in [2.24, 2.45) is 5.41 Å². The fourth-order valence-corrected chi connectivity index (χ4v) is 3.95. The lowest BCUT2D eigenvalue weighted by atomic mass is 9.91. The maximum Gasteiger partial charge on any atom is 0.243 e. The molecule has 0 fully saturated rings. The summed E-state index contributed by atoms with van der Waals surface area (Å²) in [5.41, 5.74) is -0.597. The van der Waals surface area contributed by atoms with Crippen LogP contribution in [-0.2, 0) is 14.8 Å². The molecule has 1 aromatic carbocycles. The summed E-state index contributed by atoms with van der Waals surface area (Å²) >= 11 is 9.03. The predicted octanol–water partition coefficient (Wildman–Crippen LogP) is 3.00. The zero-order valence-electron chi connectivity index (χ0n) is 10.8. The van der Waals surface area contributed by atoms with E-state index < -0.39 is 15.4 Å². The molecule has 0 saturated heterocycles. The van der Waals surface area contributed by atoms with Crippen LogP contribution in [0.2, 0.25) is 5.02 Å². The monoisotopic (exact) mass is 367 g/mol. The first-order chi connectivity index (χ1) is 8.55. The standard InChI is InChI=1S/C12H15BrClNO3S/c1-12(2,3)10(16)7-15-19(17,18)11-8(13)5-4-6-9(11)14/h4-6,15H,7H2,1-3H3. The van der Waals surface area contributed by atoms with Crippen molar-refractivity contribution < 1.29 is 13.2 Å². The average molecular weight is 369 g/mol. The third-order valence-electron chi connectivity index (χ3n) is 2.45. The number of halogens is 2. The third kappa shape index (κ3) is 4.27. The fourth-order valence-electron chi connectivity index (χ4n) is 1.24. The van der Waals surface area contributed by atoms with Gasteiger partial charge in [-0.25, -0.2) is 13.1 Å². The molecule has 19 heavy (non-hydrogen) atoms. The van der Waals surface area contributed by atoms with E-state index in [0.717, 1.165) is 0 Å². The highest BCUT2D eigenvalue weighted by Crippen LogP contribution is 2.29. The number of nitrogens with one attached hydrogen (secondary N) is 1. The lowest BCUT2D eigenvalue weighted by molar-refractivity contribution is -0.125. The highest BCUT2D eigenvalue weighted by atomic mass is 79.9. The van der Waals surface area contributed by atoms with Crippen LogP contribution in [0.1, 0.15) is 20.8 Å². The van der Waals surface area contributed by atoms with E-state index in [1.54, 1.807) is 32.9 Å². The molecule has 1 aromatic rings. The molecular weight excluding hydrogens is 354 g/mol. The van der Waals surface area contributed by atoms with Gasteiger partial charge in [-0.3, -0.25) is 4.79 Å². The van der Waals surface area contributed by atoms with E-state index in [0.29, 0.717) is 4.47 Å². The summed E-state index contributed by atoms with van der Waals surface area (Å²) in [7, 11) is -3.83. The molecule has 1 N–H and O–H groups in total. The maximum atomic E-state index is 12.1. The number of benzene rings is 1. The fraction of sp³-hybridized carbons (Fsp3) is 0.417. The largest absolute Gasteiger partial charge is 0.298 e. The summed E-state index contributed by atoms with van der Waals surface area (Å²) in [5, 5.41) is 0.102. The van der Waals surface area contributed by atoms with E-state index in [-0.39, 0.29) is 22.2 Å². The Kier molecular flexibility index (Phi) is 5.17. The Hall–Kier alpha value is -0.430. The van der Waals surface area contributed by atoms with Crippen molar-refractivity contribution in [1.82, 2.24) is 4.72 Å². The summed E-state index contributed by atoms with van der Waals surface area (Å²) in [6, 6.07) is 4.68. The summed E-state index contributed by atoms with van der Waals surface area (Å²) in [6.45, 7) is 4.93. The summed E-state index contributed by atoms with van der Waals surface area (Å²) in [6.07, 6.45) is 0. The Bertz CT molecular complexity index is 573. The molecule has 0 unspecified atom stereocenters. The van der Waals surface area contributed by atoms with Crippen LogP contribution in [0, 0.1) is 5.41 Å². The molecule has 0 spiro atoms. The topological polar surface area (TPSA) is 63.2 Å². The average Bonchev–Trinajstić information content (AvgIpc) is 2.24. The molecule has 0 saturated carbocycles. The van der Waals surface area contributed by atoms with Gasteiger partial charge in [0.1, 0.15) is 4.90 Å². The second-order valence-electron chi connectivity index (χ2n) is 5.05. The van der Waals surface area contributed by atoms with Crippen LogP contribution in [0.5, 0.6) is 0 Å². The van der Waals surface area contributed by atoms with Crippen LogP contribution in [0.4, 0.5) is 0 Å². The van der Waals surface area contributed by atoms with Gasteiger partial charge in [-0.05, 0) is 28.1 Å². The molecule has 0 aliphatic heterocycles. The van der Waals surface area contributed by atoms with E-state index in [1.165, 1.54) is 6.07 Å². The summed E-state index contributed by atoms with van der Waals surface area (Å²) in [4.78, 5) is 11.7. The number of ketones is 1. The van der Waals surface area contributed by atoms with E-state index in [1.807, 2.05) is 0 Å². The molecule has 0 heterocycles. The number of Topliss-reactive ketones (excluding diaryl/α,β-unsaturated/α-hetero) is 1. The third-order valence-corrected chi connectivity index (χ3v) is 5.30. The maximum absolute atomic E-state index is 12.1. The molecule has 0 radical (unpaired) electrons. The van der Waals surface area contributed by atoms with Crippen molar-refractivity contribution in [3.8, 4) is 0 Å². The Morgan fingerprint density at radius 1 is 1.37 bits per heavy atom. The Labute approximate surface area is 126 Å². The number of sulfonamides is 1. The molecule has 0 aliphatic rings. The van der Waals surface area contributed by atoms with Crippen LogP contribution in [-0.4, -0.2) is 20.7 Å². The van der Waals surface area contributed by atoms with Crippen molar-refractivity contribution >= 4 is 43.3 Å². The second kappa shape index (κ2) is 5.91. The lowest BCUT2D eigenvalue weighted by Crippen LogP contribution is -2.35. The van der Waals surface area contributed by atoms with Crippen LogP contribution < -0.4 is 4.72 Å². The Balaban J connectivity index is 2.98. The van der Waals surface area contributed by atoms with Gasteiger partial charge in [0.15, 0.2) is 5.78 Å². The Morgan fingerprint density at radius 3 is 2.42 bits per heavy atom. The lowest BCUT2D eigenvalue weighted by Gasteiger charge is -2.17. The van der Waals surface area contributed by atoms with E-state index in [9.17, 15) is 13.2 Å². The van der Waals surface area contributed by atoms with Crippen molar-refractivity contribution in [2.45, 2.75) is 25.7 Å². The number of hydrogen-bond acceptors (Lipinski definition) is 3. The number of hydrogen-bond donors (Lipinski definition) is 1. The smallest absolute Gasteiger partial charge is 0.243 e. The van der Waals surface area contributed by atoms with Gasteiger partial charge in [0.05, 0.1) is 11.6 Å².